The first kappa shape index (κ1) is 38.6. The van der Waals surface area contributed by atoms with Crippen molar-refractivity contribution in [3.63, 3.8) is 0 Å². The van der Waals surface area contributed by atoms with Gasteiger partial charge in [0.2, 0.25) is 11.8 Å². The number of hydrogen-bond donors (Lipinski definition) is 3. The van der Waals surface area contributed by atoms with Gasteiger partial charge in [-0.2, -0.15) is 0 Å². The zero-order valence-corrected chi connectivity index (χ0v) is 29.2. The highest BCUT2D eigenvalue weighted by molar-refractivity contribution is 5.89. The minimum Gasteiger partial charge on any atom is -0.441 e. The number of carbonyl (C=O) groups is 3. The molecular formula is C37H46F3N5O7. The van der Waals surface area contributed by atoms with Gasteiger partial charge in [-0.25, -0.2) is 9.78 Å². The lowest BCUT2D eigenvalue weighted by atomic mass is 9.88. The van der Waals surface area contributed by atoms with Gasteiger partial charge in [-0.1, -0.05) is 56.3 Å². The third kappa shape index (κ3) is 11.2. The first-order valence-corrected chi connectivity index (χ1v) is 17.5. The second-order valence-electron chi connectivity index (χ2n) is 13.7. The second-order valence-corrected chi connectivity index (χ2v) is 13.7. The molecule has 0 spiro atoms. The van der Waals surface area contributed by atoms with Gasteiger partial charge in [0.1, 0.15) is 11.8 Å². The molecule has 2 fully saturated rings. The number of aliphatic hydroxyl groups is 1. The monoisotopic (exact) mass is 729 g/mol. The number of nitrogens with zero attached hydrogens (tertiary/aromatic N) is 3. The Hall–Kier alpha value is -4.63. The molecule has 0 bridgehead atoms. The number of likely N-dealkylation sites (tertiary alicyclic amines) is 1. The summed E-state index contributed by atoms with van der Waals surface area (Å²) in [5.74, 6) is -2.36. The van der Waals surface area contributed by atoms with Crippen LogP contribution in [0.25, 0.3) is 0 Å². The first-order chi connectivity index (χ1) is 24.8. The molecule has 3 amide bonds. The summed E-state index contributed by atoms with van der Waals surface area (Å²) >= 11 is 0. The van der Waals surface area contributed by atoms with Gasteiger partial charge in [-0.3, -0.25) is 9.59 Å². The molecule has 2 aliphatic rings. The van der Waals surface area contributed by atoms with E-state index in [9.17, 15) is 32.7 Å². The van der Waals surface area contributed by atoms with Gasteiger partial charge < -0.3 is 39.4 Å². The lowest BCUT2D eigenvalue weighted by Gasteiger charge is -2.36. The van der Waals surface area contributed by atoms with Crippen LogP contribution in [0, 0.1) is 11.8 Å². The van der Waals surface area contributed by atoms with Crippen molar-refractivity contribution in [2.45, 2.75) is 82.6 Å². The van der Waals surface area contributed by atoms with Crippen LogP contribution in [0.5, 0.6) is 5.75 Å². The normalized spacial score (nSPS) is 17.8. The zero-order valence-electron chi connectivity index (χ0n) is 29.2. The molecule has 0 radical (unpaired) electrons. The van der Waals surface area contributed by atoms with Crippen molar-refractivity contribution in [1.29, 1.82) is 0 Å². The van der Waals surface area contributed by atoms with Gasteiger partial charge in [0.05, 0.1) is 31.7 Å². The third-order valence-electron chi connectivity index (χ3n) is 9.44. The van der Waals surface area contributed by atoms with Crippen molar-refractivity contribution in [3.8, 4) is 5.75 Å². The summed E-state index contributed by atoms with van der Waals surface area (Å²) in [6.07, 6.45) is -0.331. The summed E-state index contributed by atoms with van der Waals surface area (Å²) in [6.45, 7) is 5.22. The minimum absolute atomic E-state index is 0.0203. The molecule has 3 N–H and O–H groups in total. The number of nitrogens with one attached hydrogen (secondary N) is 2. The van der Waals surface area contributed by atoms with E-state index in [0.717, 1.165) is 30.5 Å². The van der Waals surface area contributed by atoms with Crippen LogP contribution in [0.4, 0.5) is 18.0 Å². The van der Waals surface area contributed by atoms with Crippen molar-refractivity contribution in [2.75, 3.05) is 26.3 Å². The molecule has 3 aromatic rings. The van der Waals surface area contributed by atoms with Crippen molar-refractivity contribution in [3.05, 3.63) is 84.4 Å². The summed E-state index contributed by atoms with van der Waals surface area (Å²) in [7, 11) is 0. The van der Waals surface area contributed by atoms with Crippen LogP contribution < -0.4 is 15.4 Å². The van der Waals surface area contributed by atoms with Crippen molar-refractivity contribution in [1.82, 2.24) is 25.1 Å². The number of carbonyl (C=O) groups excluding carboxylic acids is 3. The van der Waals surface area contributed by atoms with Gasteiger partial charge in [0.15, 0.2) is 6.10 Å². The Kier molecular flexibility index (Phi) is 13.2. The summed E-state index contributed by atoms with van der Waals surface area (Å²) in [5.41, 5.74) is 1.33. The Morgan fingerprint density at radius 2 is 1.65 bits per heavy atom. The van der Waals surface area contributed by atoms with E-state index in [4.69, 9.17) is 9.47 Å². The second kappa shape index (κ2) is 17.7. The van der Waals surface area contributed by atoms with Crippen LogP contribution in [0.2, 0.25) is 0 Å². The number of hydrogen-bond acceptors (Lipinski definition) is 8. The molecule has 3 unspecified atom stereocenters. The van der Waals surface area contributed by atoms with Gasteiger partial charge in [-0.05, 0) is 61.3 Å². The number of imidazole rings is 1. The number of halogens is 3. The molecule has 2 aromatic carbocycles. The minimum atomic E-state index is -4.87. The highest BCUT2D eigenvalue weighted by Gasteiger charge is 2.36. The number of aromatic nitrogens is 2. The van der Waals surface area contributed by atoms with E-state index in [2.05, 4.69) is 20.4 Å². The maximum atomic E-state index is 14.1. The molecule has 2 aliphatic heterocycles. The van der Waals surface area contributed by atoms with E-state index in [0.29, 0.717) is 18.7 Å². The number of rotatable bonds is 15. The molecule has 2 saturated heterocycles. The molecule has 12 nitrogen and oxygen atoms in total. The highest BCUT2D eigenvalue weighted by Crippen LogP contribution is 2.26. The fourth-order valence-electron chi connectivity index (χ4n) is 6.47. The number of ether oxygens (including phenoxy) is 3. The molecular weight excluding hydrogens is 683 g/mol. The van der Waals surface area contributed by atoms with Crippen LogP contribution in [-0.2, 0) is 31.9 Å². The Bertz CT molecular complexity index is 1580. The van der Waals surface area contributed by atoms with E-state index in [1.807, 2.05) is 54.9 Å². The Morgan fingerprint density at radius 1 is 0.981 bits per heavy atom. The fourth-order valence-corrected chi connectivity index (χ4v) is 6.47. The summed E-state index contributed by atoms with van der Waals surface area (Å²) in [5, 5.41) is 17.3. The molecule has 5 rings (SSSR count). The van der Waals surface area contributed by atoms with Crippen molar-refractivity contribution in [2.24, 2.45) is 11.8 Å². The lowest BCUT2D eigenvalue weighted by Crippen LogP contribution is -2.55. The Balaban J connectivity index is 1.32. The maximum absolute atomic E-state index is 14.1. The predicted molar refractivity (Wildman–Crippen MR) is 183 cm³/mol. The van der Waals surface area contributed by atoms with Crippen LogP contribution in [0.15, 0.2) is 73.3 Å². The maximum Gasteiger partial charge on any atom is 0.573 e. The standard InChI is InChI=1S/C37H46F3N5O7/c1-24(2)33(35(48)44-15-12-28(13-16-44)45-17-14-41-23-45)43-34(47)27(18-26-8-10-29(11-9-26)52-37(38,39)40)20-32(46)31(19-25-6-4-3-5-7-25)42-36(49)51-30-21-50-22-30/h3-11,14,17,23-24,27-28,30-33,46H,12-13,15-16,18-22H2,1-2H3,(H,42,49)(H,43,47)/t27?,31?,32?,33-/m0/s1. The Labute approximate surface area is 300 Å². The average Bonchev–Trinajstić information content (AvgIpc) is 3.64. The van der Waals surface area contributed by atoms with Crippen LogP contribution in [0.1, 0.15) is 50.3 Å². The first-order valence-electron chi connectivity index (χ1n) is 17.5. The van der Waals surface area contributed by atoms with Crippen LogP contribution in [-0.4, -0.2) is 94.4 Å². The molecule has 4 atom stereocenters. The van der Waals surface area contributed by atoms with E-state index in [1.165, 1.54) is 12.1 Å². The summed E-state index contributed by atoms with van der Waals surface area (Å²) in [4.78, 5) is 46.7. The molecule has 0 aliphatic carbocycles. The quantitative estimate of drug-likeness (QED) is 0.209. The van der Waals surface area contributed by atoms with Crippen molar-refractivity contribution < 1.29 is 46.9 Å². The van der Waals surface area contributed by atoms with Gasteiger partial charge in [0, 0.05) is 37.4 Å². The average molecular weight is 730 g/mol. The van der Waals surface area contributed by atoms with E-state index in [1.54, 1.807) is 17.4 Å². The predicted octanol–water partition coefficient (Wildman–Crippen LogP) is 4.43. The van der Waals surface area contributed by atoms with Crippen molar-refractivity contribution >= 4 is 17.9 Å². The fraction of sp³-hybridized carbons (Fsp3) is 0.514. The van der Waals surface area contributed by atoms with Gasteiger partial charge >= 0.3 is 12.5 Å². The molecule has 0 saturated carbocycles. The lowest BCUT2D eigenvalue weighted by molar-refractivity contribution is -0.274. The Morgan fingerprint density at radius 3 is 2.23 bits per heavy atom. The summed E-state index contributed by atoms with van der Waals surface area (Å²) < 4.78 is 54.9. The molecule has 3 heterocycles. The van der Waals surface area contributed by atoms with Gasteiger partial charge in [-0.15, -0.1) is 13.2 Å². The number of aliphatic hydroxyl groups excluding tert-OH is 1. The SMILES string of the molecule is CC(C)[C@H](NC(=O)C(Cc1ccc(OC(F)(F)F)cc1)CC(O)C(Cc1ccccc1)NC(=O)OC1COC1)C(=O)N1CCC(n2ccnc2)CC1. The van der Waals surface area contributed by atoms with Gasteiger partial charge in [0.25, 0.3) is 0 Å². The van der Waals surface area contributed by atoms with E-state index < -0.39 is 54.3 Å². The third-order valence-corrected chi connectivity index (χ3v) is 9.44. The summed E-state index contributed by atoms with van der Waals surface area (Å²) in [6, 6.07) is 12.8. The molecule has 15 heteroatoms. The van der Waals surface area contributed by atoms with E-state index in [-0.39, 0.29) is 50.3 Å². The number of alkyl carbamates (subject to hydrolysis) is 1. The smallest absolute Gasteiger partial charge is 0.441 e. The number of piperidine rings is 1. The number of benzene rings is 2. The molecule has 1 aromatic heterocycles. The largest absolute Gasteiger partial charge is 0.573 e. The molecule has 52 heavy (non-hydrogen) atoms. The van der Waals surface area contributed by atoms with Crippen LogP contribution in [0.3, 0.4) is 0 Å². The topological polar surface area (TPSA) is 144 Å². The number of amides is 3. The number of alkyl halides is 3. The van der Waals surface area contributed by atoms with E-state index >= 15 is 0 Å². The highest BCUT2D eigenvalue weighted by atomic mass is 19.4. The van der Waals surface area contributed by atoms with Crippen LogP contribution >= 0.6 is 0 Å². The molecule has 282 valence electrons. The zero-order chi connectivity index (χ0) is 37.3.